The molecule has 122 valence electrons. The number of rotatable bonds is 4. The fourth-order valence-electron chi connectivity index (χ4n) is 2.86. The molecule has 23 heavy (non-hydrogen) atoms. The van der Waals surface area contributed by atoms with E-state index in [1.807, 2.05) is 36.2 Å². The summed E-state index contributed by atoms with van der Waals surface area (Å²) in [5.74, 6) is 0.937. The zero-order chi connectivity index (χ0) is 16.4. The number of amides is 1. The van der Waals surface area contributed by atoms with Crippen LogP contribution in [0, 0.1) is 6.92 Å². The number of thiazole rings is 1. The van der Waals surface area contributed by atoms with Crippen molar-refractivity contribution in [3.8, 4) is 0 Å². The number of carbonyl (C=O) groups excluding carboxylic acids is 1. The Bertz CT molecular complexity index is 699. The fourth-order valence-corrected chi connectivity index (χ4v) is 3.48. The van der Waals surface area contributed by atoms with Crippen LogP contribution < -0.4 is 4.90 Å². The van der Waals surface area contributed by atoms with Gasteiger partial charge in [-0.05, 0) is 19.8 Å². The van der Waals surface area contributed by atoms with Crippen molar-refractivity contribution in [3.63, 3.8) is 0 Å². The van der Waals surface area contributed by atoms with E-state index in [1.165, 1.54) is 0 Å². The maximum atomic E-state index is 12.7. The van der Waals surface area contributed by atoms with Gasteiger partial charge in [-0.3, -0.25) is 9.78 Å². The summed E-state index contributed by atoms with van der Waals surface area (Å²) in [5.41, 5.74) is 1.73. The van der Waals surface area contributed by atoms with Gasteiger partial charge in [-0.1, -0.05) is 0 Å². The second-order valence-electron chi connectivity index (χ2n) is 5.98. The smallest absolute Gasteiger partial charge is 0.229 e. The van der Waals surface area contributed by atoms with Crippen molar-refractivity contribution in [1.29, 1.82) is 0 Å². The van der Waals surface area contributed by atoms with Crippen molar-refractivity contribution >= 4 is 23.1 Å². The molecule has 3 rings (SSSR count). The van der Waals surface area contributed by atoms with Gasteiger partial charge in [0.05, 0.1) is 41.3 Å². The Kier molecular flexibility index (Phi) is 4.56. The maximum absolute atomic E-state index is 12.7. The van der Waals surface area contributed by atoms with Crippen LogP contribution in [-0.4, -0.2) is 46.4 Å². The maximum Gasteiger partial charge on any atom is 0.229 e. The summed E-state index contributed by atoms with van der Waals surface area (Å²) in [7, 11) is 3.88. The van der Waals surface area contributed by atoms with Gasteiger partial charge in [-0.15, -0.1) is 11.3 Å². The Morgan fingerprint density at radius 1 is 1.39 bits per heavy atom. The lowest BCUT2D eigenvalue weighted by atomic mass is 10.1. The molecule has 0 aromatic carbocycles. The quantitative estimate of drug-likeness (QED) is 0.859. The van der Waals surface area contributed by atoms with Gasteiger partial charge in [0.25, 0.3) is 0 Å². The summed E-state index contributed by atoms with van der Waals surface area (Å²) in [5, 5.41) is 2.96. The largest absolute Gasteiger partial charge is 0.361 e. The van der Waals surface area contributed by atoms with E-state index in [-0.39, 0.29) is 11.9 Å². The summed E-state index contributed by atoms with van der Waals surface area (Å²) in [6.07, 6.45) is 5.81. The lowest BCUT2D eigenvalue weighted by Gasteiger charge is -2.24. The Morgan fingerprint density at radius 3 is 2.91 bits per heavy atom. The molecule has 0 radical (unpaired) electrons. The number of aryl methyl sites for hydroxylation is 1. The van der Waals surface area contributed by atoms with Gasteiger partial charge >= 0.3 is 0 Å². The van der Waals surface area contributed by atoms with Gasteiger partial charge in [0, 0.05) is 26.0 Å². The topological polar surface area (TPSA) is 62.2 Å². The fraction of sp³-hybridized carbons (Fsp3) is 0.500. The molecule has 1 fully saturated rings. The molecule has 2 aromatic heterocycles. The van der Waals surface area contributed by atoms with Crippen LogP contribution in [0.4, 0.5) is 5.82 Å². The van der Waals surface area contributed by atoms with Crippen LogP contribution in [0.5, 0.6) is 0 Å². The first-order valence-corrected chi connectivity index (χ1v) is 8.62. The number of carbonyl (C=O) groups is 1. The first-order chi connectivity index (χ1) is 11.0. The summed E-state index contributed by atoms with van der Waals surface area (Å²) in [6, 6.07) is 0.0228. The van der Waals surface area contributed by atoms with Crippen LogP contribution >= 0.6 is 11.3 Å². The van der Waals surface area contributed by atoms with Crippen LogP contribution in [0.3, 0.4) is 0 Å². The first kappa shape index (κ1) is 15.9. The molecular weight excluding hydrogens is 310 g/mol. The second kappa shape index (κ2) is 6.62. The molecule has 1 saturated heterocycles. The van der Waals surface area contributed by atoms with E-state index in [1.54, 1.807) is 23.7 Å². The van der Waals surface area contributed by atoms with Crippen molar-refractivity contribution in [2.24, 2.45) is 0 Å². The molecule has 7 heteroatoms. The van der Waals surface area contributed by atoms with Gasteiger partial charge in [-0.2, -0.15) is 0 Å². The van der Waals surface area contributed by atoms with Crippen molar-refractivity contribution in [2.75, 3.05) is 25.5 Å². The van der Waals surface area contributed by atoms with E-state index >= 15 is 0 Å². The van der Waals surface area contributed by atoms with Gasteiger partial charge in [0.1, 0.15) is 5.82 Å². The highest BCUT2D eigenvalue weighted by atomic mass is 32.1. The van der Waals surface area contributed by atoms with Crippen LogP contribution in [0.1, 0.15) is 35.3 Å². The Morgan fingerprint density at radius 2 is 2.22 bits per heavy atom. The van der Waals surface area contributed by atoms with Gasteiger partial charge in [0.2, 0.25) is 5.91 Å². The molecule has 0 saturated carbocycles. The van der Waals surface area contributed by atoms with E-state index in [2.05, 4.69) is 15.0 Å². The van der Waals surface area contributed by atoms with Crippen LogP contribution in [-0.2, 0) is 11.2 Å². The number of anilines is 1. The molecule has 1 atom stereocenters. The molecule has 1 aliphatic rings. The number of likely N-dealkylation sites (tertiary alicyclic amines) is 1. The van der Waals surface area contributed by atoms with E-state index in [9.17, 15) is 4.79 Å². The highest BCUT2D eigenvalue weighted by molar-refractivity contribution is 7.09. The van der Waals surface area contributed by atoms with Crippen molar-refractivity contribution in [1.82, 2.24) is 19.9 Å². The average Bonchev–Trinajstić information content (AvgIpc) is 3.16. The molecular formula is C16H21N5OS. The minimum atomic E-state index is 0.0228. The van der Waals surface area contributed by atoms with Crippen LogP contribution in [0.15, 0.2) is 17.8 Å². The van der Waals surface area contributed by atoms with E-state index in [0.29, 0.717) is 6.42 Å². The highest BCUT2D eigenvalue weighted by Gasteiger charge is 2.31. The number of nitrogens with zero attached hydrogens (tertiary/aromatic N) is 5. The Balaban J connectivity index is 1.77. The lowest BCUT2D eigenvalue weighted by Crippen LogP contribution is -2.32. The lowest BCUT2D eigenvalue weighted by molar-refractivity contribution is -0.131. The molecule has 1 amide bonds. The van der Waals surface area contributed by atoms with E-state index in [4.69, 9.17) is 0 Å². The van der Waals surface area contributed by atoms with Crippen molar-refractivity contribution < 1.29 is 4.79 Å². The zero-order valence-corrected chi connectivity index (χ0v) is 14.5. The van der Waals surface area contributed by atoms with Crippen LogP contribution in [0.2, 0.25) is 0 Å². The third-order valence-electron chi connectivity index (χ3n) is 4.01. The summed E-state index contributed by atoms with van der Waals surface area (Å²) < 4.78 is 0. The third-order valence-corrected chi connectivity index (χ3v) is 4.83. The summed E-state index contributed by atoms with van der Waals surface area (Å²) in [6.45, 7) is 2.74. The molecule has 0 aliphatic carbocycles. The van der Waals surface area contributed by atoms with Crippen molar-refractivity contribution in [2.45, 2.75) is 32.2 Å². The molecule has 0 unspecified atom stereocenters. The molecule has 1 aliphatic heterocycles. The molecule has 3 heterocycles. The van der Waals surface area contributed by atoms with Gasteiger partial charge in [0.15, 0.2) is 0 Å². The number of aromatic nitrogens is 3. The van der Waals surface area contributed by atoms with Crippen molar-refractivity contribution in [3.05, 3.63) is 34.2 Å². The minimum Gasteiger partial charge on any atom is -0.361 e. The third kappa shape index (κ3) is 3.50. The van der Waals surface area contributed by atoms with E-state index < -0.39 is 0 Å². The normalized spacial score (nSPS) is 17.5. The van der Waals surface area contributed by atoms with Crippen LogP contribution in [0.25, 0.3) is 0 Å². The predicted molar refractivity (Wildman–Crippen MR) is 90.6 cm³/mol. The number of hydrogen-bond acceptors (Lipinski definition) is 6. The standard InChI is InChI=1S/C16H21N5OS/c1-11-18-12(10-23-11)7-16(22)21-6-4-5-14(21)13-8-17-9-15(19-13)20(2)3/h8-10,14H,4-7H2,1-3H3/t14-/m1/s1. The average molecular weight is 331 g/mol. The monoisotopic (exact) mass is 331 g/mol. The molecule has 2 aromatic rings. The number of hydrogen-bond donors (Lipinski definition) is 0. The van der Waals surface area contributed by atoms with E-state index in [0.717, 1.165) is 41.6 Å². The SMILES string of the molecule is Cc1nc(CC(=O)N2CCC[C@@H]2c2cncc(N(C)C)n2)cs1. The van der Waals surface area contributed by atoms with Gasteiger partial charge in [-0.25, -0.2) is 9.97 Å². The molecule has 0 bridgehead atoms. The summed E-state index contributed by atoms with van der Waals surface area (Å²) >= 11 is 1.58. The summed E-state index contributed by atoms with van der Waals surface area (Å²) in [4.78, 5) is 29.8. The molecule has 0 N–H and O–H groups in total. The van der Waals surface area contributed by atoms with Gasteiger partial charge < -0.3 is 9.80 Å². The second-order valence-corrected chi connectivity index (χ2v) is 7.04. The Hall–Kier alpha value is -2.02. The predicted octanol–water partition coefficient (Wildman–Crippen LogP) is 2.21. The molecule has 0 spiro atoms. The first-order valence-electron chi connectivity index (χ1n) is 7.74. The minimum absolute atomic E-state index is 0.0228. The zero-order valence-electron chi connectivity index (χ0n) is 13.7. The highest BCUT2D eigenvalue weighted by Crippen LogP contribution is 2.31. The molecule has 6 nitrogen and oxygen atoms in total. The Labute approximate surface area is 140 Å².